The highest BCUT2D eigenvalue weighted by Crippen LogP contribution is 2.33. The Labute approximate surface area is 101 Å². The second-order valence-electron chi connectivity index (χ2n) is 4.44. The lowest BCUT2D eigenvalue weighted by Crippen LogP contribution is -2.52. The van der Waals surface area contributed by atoms with Gasteiger partial charge in [0.2, 0.25) is 0 Å². The Balaban J connectivity index is 2.68. The number of urea groups is 1. The summed E-state index contributed by atoms with van der Waals surface area (Å²) in [5.74, 6) is -0.804. The van der Waals surface area contributed by atoms with Crippen molar-refractivity contribution in [1.29, 1.82) is 0 Å². The number of carbonyl (C=O) groups is 2. The van der Waals surface area contributed by atoms with Crippen LogP contribution in [0.4, 0.5) is 4.79 Å². The van der Waals surface area contributed by atoms with E-state index in [1.165, 1.54) is 0 Å². The fourth-order valence-corrected chi connectivity index (χ4v) is 2.19. The molecule has 1 rings (SSSR count). The summed E-state index contributed by atoms with van der Waals surface area (Å²) in [5.41, 5.74) is -0.774. The first kappa shape index (κ1) is 13.5. The quantitative estimate of drug-likeness (QED) is 0.731. The average Bonchev–Trinajstić information content (AvgIpc) is 2.35. The molecule has 0 spiro atoms. The van der Waals surface area contributed by atoms with Crippen molar-refractivity contribution < 1.29 is 14.7 Å². The van der Waals surface area contributed by atoms with E-state index in [0.717, 1.165) is 6.42 Å². The molecule has 5 nitrogen and oxygen atoms in total. The first-order valence-corrected chi connectivity index (χ1v) is 5.93. The van der Waals surface area contributed by atoms with E-state index < -0.39 is 11.4 Å². The van der Waals surface area contributed by atoms with Crippen molar-refractivity contribution in [3.8, 4) is 0 Å². The molecule has 1 atom stereocenters. The van der Waals surface area contributed by atoms with E-state index in [1.54, 1.807) is 11.0 Å². The molecule has 17 heavy (non-hydrogen) atoms. The van der Waals surface area contributed by atoms with Crippen LogP contribution in [0.2, 0.25) is 0 Å². The van der Waals surface area contributed by atoms with Crippen molar-refractivity contribution in [1.82, 2.24) is 10.2 Å². The normalized spacial score (nSPS) is 24.2. The van der Waals surface area contributed by atoms with Gasteiger partial charge in [0.1, 0.15) is 0 Å². The number of aliphatic carboxylic acids is 1. The number of rotatable bonds is 4. The number of carboxylic acid groups (broad SMARTS) is 1. The summed E-state index contributed by atoms with van der Waals surface area (Å²) < 4.78 is 0. The minimum atomic E-state index is -0.804. The number of nitrogens with one attached hydrogen (secondary N) is 1. The van der Waals surface area contributed by atoms with Gasteiger partial charge in [-0.15, -0.1) is 6.58 Å². The Bertz CT molecular complexity index is 317. The van der Waals surface area contributed by atoms with Crippen molar-refractivity contribution in [3.05, 3.63) is 12.7 Å². The number of carboxylic acids is 1. The van der Waals surface area contributed by atoms with E-state index in [4.69, 9.17) is 0 Å². The van der Waals surface area contributed by atoms with Gasteiger partial charge in [0, 0.05) is 19.6 Å². The molecule has 1 aliphatic rings. The van der Waals surface area contributed by atoms with Crippen molar-refractivity contribution in [2.75, 3.05) is 19.6 Å². The Morgan fingerprint density at radius 1 is 1.59 bits per heavy atom. The maximum atomic E-state index is 11.8. The van der Waals surface area contributed by atoms with E-state index in [1.807, 2.05) is 6.92 Å². The summed E-state index contributed by atoms with van der Waals surface area (Å²) in [5, 5.41) is 12.0. The monoisotopic (exact) mass is 240 g/mol. The van der Waals surface area contributed by atoms with Gasteiger partial charge >= 0.3 is 12.0 Å². The van der Waals surface area contributed by atoms with Crippen LogP contribution in [-0.2, 0) is 4.79 Å². The largest absolute Gasteiger partial charge is 0.481 e. The van der Waals surface area contributed by atoms with Crippen LogP contribution in [0, 0.1) is 5.41 Å². The Hall–Kier alpha value is -1.52. The van der Waals surface area contributed by atoms with Crippen molar-refractivity contribution >= 4 is 12.0 Å². The van der Waals surface area contributed by atoms with Gasteiger partial charge in [0.15, 0.2) is 0 Å². The Morgan fingerprint density at radius 2 is 2.29 bits per heavy atom. The second-order valence-corrected chi connectivity index (χ2v) is 4.44. The maximum absolute atomic E-state index is 11.8. The lowest BCUT2D eigenvalue weighted by molar-refractivity contribution is -0.152. The van der Waals surface area contributed by atoms with E-state index in [-0.39, 0.29) is 6.03 Å². The van der Waals surface area contributed by atoms with Crippen molar-refractivity contribution in [2.45, 2.75) is 26.2 Å². The fourth-order valence-electron chi connectivity index (χ4n) is 2.19. The minimum Gasteiger partial charge on any atom is -0.481 e. The van der Waals surface area contributed by atoms with E-state index in [2.05, 4.69) is 11.9 Å². The number of carbonyl (C=O) groups excluding carboxylic acids is 1. The molecule has 5 heteroatoms. The number of amides is 2. The van der Waals surface area contributed by atoms with Crippen LogP contribution in [0.1, 0.15) is 26.2 Å². The van der Waals surface area contributed by atoms with Gasteiger partial charge in [-0.05, 0) is 19.3 Å². The lowest BCUT2D eigenvalue weighted by atomic mass is 9.78. The number of piperidine rings is 1. The predicted octanol–water partition coefficient (Wildman–Crippen LogP) is 1.46. The molecule has 2 N–H and O–H groups in total. The summed E-state index contributed by atoms with van der Waals surface area (Å²) in [6.07, 6.45) is 3.53. The molecular weight excluding hydrogens is 220 g/mol. The molecule has 1 fully saturated rings. The van der Waals surface area contributed by atoms with Gasteiger partial charge in [0.05, 0.1) is 5.41 Å². The molecule has 0 saturated carbocycles. The molecule has 1 unspecified atom stereocenters. The first-order chi connectivity index (χ1) is 8.05. The van der Waals surface area contributed by atoms with Crippen molar-refractivity contribution in [3.63, 3.8) is 0 Å². The smallest absolute Gasteiger partial charge is 0.317 e. The molecule has 0 aromatic carbocycles. The summed E-state index contributed by atoms with van der Waals surface area (Å²) in [7, 11) is 0. The second kappa shape index (κ2) is 5.70. The summed E-state index contributed by atoms with van der Waals surface area (Å²) >= 11 is 0. The molecule has 0 aromatic rings. The first-order valence-electron chi connectivity index (χ1n) is 5.93. The summed E-state index contributed by atoms with van der Waals surface area (Å²) in [6.45, 7) is 6.70. The van der Waals surface area contributed by atoms with Gasteiger partial charge in [-0.1, -0.05) is 13.0 Å². The van der Waals surface area contributed by atoms with Crippen LogP contribution in [0.5, 0.6) is 0 Å². The standard InChI is InChI=1S/C12H20N2O3/c1-3-7-13-11(17)14-8-5-6-12(4-2,9-14)10(15)16/h3H,1,4-9H2,2H3,(H,13,17)(H,15,16). The predicted molar refractivity (Wildman–Crippen MR) is 64.8 cm³/mol. The number of likely N-dealkylation sites (tertiary alicyclic amines) is 1. The zero-order chi connectivity index (χ0) is 12.9. The van der Waals surface area contributed by atoms with E-state index >= 15 is 0 Å². The highest BCUT2D eigenvalue weighted by Gasteiger charge is 2.41. The SMILES string of the molecule is C=CCNC(=O)N1CCCC(CC)(C(=O)O)C1. The van der Waals surface area contributed by atoms with Crippen LogP contribution in [-0.4, -0.2) is 41.6 Å². The highest BCUT2D eigenvalue weighted by atomic mass is 16.4. The minimum absolute atomic E-state index is 0.205. The van der Waals surface area contributed by atoms with Crippen molar-refractivity contribution in [2.24, 2.45) is 5.41 Å². The summed E-state index contributed by atoms with van der Waals surface area (Å²) in [4.78, 5) is 24.7. The zero-order valence-corrected chi connectivity index (χ0v) is 10.2. The van der Waals surface area contributed by atoms with Gasteiger partial charge < -0.3 is 15.3 Å². The molecule has 0 aromatic heterocycles. The number of hydrogen-bond acceptors (Lipinski definition) is 2. The van der Waals surface area contributed by atoms with Gasteiger partial charge in [-0.3, -0.25) is 4.79 Å². The molecule has 96 valence electrons. The van der Waals surface area contributed by atoms with Crippen LogP contribution in [0.3, 0.4) is 0 Å². The molecular formula is C12H20N2O3. The molecule has 0 aliphatic carbocycles. The number of nitrogens with zero attached hydrogens (tertiary/aromatic N) is 1. The van der Waals surface area contributed by atoms with Crippen LogP contribution < -0.4 is 5.32 Å². The van der Waals surface area contributed by atoms with Gasteiger partial charge in [-0.2, -0.15) is 0 Å². The molecule has 0 bridgehead atoms. The fraction of sp³-hybridized carbons (Fsp3) is 0.667. The highest BCUT2D eigenvalue weighted by molar-refractivity contribution is 5.78. The lowest BCUT2D eigenvalue weighted by Gasteiger charge is -2.39. The molecule has 1 heterocycles. The number of hydrogen-bond donors (Lipinski definition) is 2. The van der Waals surface area contributed by atoms with E-state index in [0.29, 0.717) is 32.5 Å². The topological polar surface area (TPSA) is 69.6 Å². The molecule has 0 radical (unpaired) electrons. The third-order valence-corrected chi connectivity index (χ3v) is 3.39. The molecule has 1 aliphatic heterocycles. The van der Waals surface area contributed by atoms with Crippen LogP contribution in [0.25, 0.3) is 0 Å². The van der Waals surface area contributed by atoms with Crippen LogP contribution in [0.15, 0.2) is 12.7 Å². The van der Waals surface area contributed by atoms with Crippen LogP contribution >= 0.6 is 0 Å². The average molecular weight is 240 g/mol. The Kier molecular flexibility index (Phi) is 4.54. The molecule has 2 amide bonds. The maximum Gasteiger partial charge on any atom is 0.317 e. The summed E-state index contributed by atoms with van der Waals surface area (Å²) in [6, 6.07) is -0.205. The third kappa shape index (κ3) is 2.99. The van der Waals surface area contributed by atoms with Gasteiger partial charge in [0.25, 0.3) is 0 Å². The molecule has 1 saturated heterocycles. The Morgan fingerprint density at radius 3 is 2.82 bits per heavy atom. The third-order valence-electron chi connectivity index (χ3n) is 3.39. The zero-order valence-electron chi connectivity index (χ0n) is 10.2. The van der Waals surface area contributed by atoms with E-state index in [9.17, 15) is 14.7 Å². The van der Waals surface area contributed by atoms with Gasteiger partial charge in [-0.25, -0.2) is 4.79 Å².